The molecule has 3 rings (SSSR count). The van der Waals surface area contributed by atoms with E-state index in [9.17, 15) is 0 Å². The highest BCUT2D eigenvalue weighted by Gasteiger charge is 2.20. The third-order valence-electron chi connectivity index (χ3n) is 5.44. The first kappa shape index (κ1) is 21.5. The summed E-state index contributed by atoms with van der Waals surface area (Å²) >= 11 is 1.75. The molecular formula is C20H36N6OS. The van der Waals surface area contributed by atoms with Crippen molar-refractivity contribution in [3.8, 4) is 0 Å². The Bertz CT molecular complexity index is 593. The summed E-state index contributed by atoms with van der Waals surface area (Å²) in [5.41, 5.74) is 1.22. The fourth-order valence-corrected chi connectivity index (χ4v) is 4.36. The predicted molar refractivity (Wildman–Crippen MR) is 116 cm³/mol. The number of hydrogen-bond acceptors (Lipinski definition) is 6. The molecule has 0 aliphatic carbocycles. The highest BCUT2D eigenvalue weighted by molar-refractivity contribution is 7.09. The molecule has 28 heavy (non-hydrogen) atoms. The molecule has 8 heteroatoms. The second-order valence-electron chi connectivity index (χ2n) is 7.68. The zero-order valence-electron chi connectivity index (χ0n) is 17.5. The number of hydrogen-bond donors (Lipinski definition) is 2. The molecule has 2 saturated heterocycles. The van der Waals surface area contributed by atoms with Crippen molar-refractivity contribution in [1.82, 2.24) is 25.4 Å². The van der Waals surface area contributed by atoms with Crippen molar-refractivity contribution in [1.29, 1.82) is 0 Å². The van der Waals surface area contributed by atoms with E-state index >= 15 is 0 Å². The molecule has 7 nitrogen and oxygen atoms in total. The number of nitrogens with zero attached hydrogens (tertiary/aromatic N) is 4. The summed E-state index contributed by atoms with van der Waals surface area (Å²) in [5, 5.41) is 10.2. The smallest absolute Gasteiger partial charge is 0.191 e. The number of aliphatic imine (C=N–C) groups is 1. The van der Waals surface area contributed by atoms with Crippen LogP contribution in [0.3, 0.4) is 0 Å². The molecule has 1 aromatic rings. The molecule has 0 radical (unpaired) electrons. The van der Waals surface area contributed by atoms with Crippen LogP contribution in [0.1, 0.15) is 30.5 Å². The van der Waals surface area contributed by atoms with Crippen LogP contribution >= 0.6 is 11.3 Å². The van der Waals surface area contributed by atoms with Gasteiger partial charge in [-0.15, -0.1) is 11.3 Å². The Morgan fingerprint density at radius 2 is 2.00 bits per heavy atom. The second kappa shape index (κ2) is 11.7. The van der Waals surface area contributed by atoms with Crippen molar-refractivity contribution in [2.45, 2.75) is 33.2 Å². The summed E-state index contributed by atoms with van der Waals surface area (Å²) in [6.45, 7) is 15.1. The van der Waals surface area contributed by atoms with Gasteiger partial charge in [0.05, 0.1) is 23.9 Å². The van der Waals surface area contributed by atoms with Crippen molar-refractivity contribution in [2.24, 2.45) is 10.9 Å². The van der Waals surface area contributed by atoms with Crippen molar-refractivity contribution in [3.05, 3.63) is 16.1 Å². The minimum Gasteiger partial charge on any atom is -0.379 e. The fourth-order valence-electron chi connectivity index (χ4n) is 3.76. The lowest BCUT2D eigenvalue weighted by Gasteiger charge is -2.31. The lowest BCUT2D eigenvalue weighted by atomic mass is 9.97. The van der Waals surface area contributed by atoms with E-state index in [0.29, 0.717) is 5.92 Å². The molecule has 0 amide bonds. The summed E-state index contributed by atoms with van der Waals surface area (Å²) in [6.07, 6.45) is 2.44. The topological polar surface area (TPSA) is 65.0 Å². The van der Waals surface area contributed by atoms with Crippen molar-refractivity contribution in [3.63, 3.8) is 0 Å². The highest BCUT2D eigenvalue weighted by Crippen LogP contribution is 2.20. The minimum absolute atomic E-state index is 0.683. The Morgan fingerprint density at radius 1 is 1.21 bits per heavy atom. The molecule has 2 aliphatic heterocycles. The average Bonchev–Trinajstić information content (AvgIpc) is 3.12. The first-order valence-corrected chi connectivity index (χ1v) is 11.6. The van der Waals surface area contributed by atoms with E-state index in [4.69, 9.17) is 9.73 Å². The number of aryl methyl sites for hydroxylation is 1. The summed E-state index contributed by atoms with van der Waals surface area (Å²) in [7, 11) is 0. The van der Waals surface area contributed by atoms with Crippen LogP contribution in [0.15, 0.2) is 10.4 Å². The van der Waals surface area contributed by atoms with Gasteiger partial charge < -0.3 is 15.4 Å². The lowest BCUT2D eigenvalue weighted by Crippen LogP contribution is -2.44. The van der Waals surface area contributed by atoms with Crippen LogP contribution in [-0.2, 0) is 11.3 Å². The molecule has 1 aromatic heterocycles. The third-order valence-corrected chi connectivity index (χ3v) is 6.26. The van der Waals surface area contributed by atoms with Gasteiger partial charge >= 0.3 is 0 Å². The van der Waals surface area contributed by atoms with Crippen molar-refractivity contribution >= 4 is 17.3 Å². The number of rotatable bonds is 8. The highest BCUT2D eigenvalue weighted by atomic mass is 32.1. The molecule has 0 unspecified atom stereocenters. The molecular weight excluding hydrogens is 372 g/mol. The van der Waals surface area contributed by atoms with Crippen molar-refractivity contribution < 1.29 is 4.74 Å². The standard InChI is InChI=1S/C20H36N6OS/c1-3-21-20(22-6-9-25-10-12-27-13-11-25)23-14-18-4-7-26(8-5-18)15-19-16-28-17(2)24-19/h16,18H,3-15H2,1-2H3,(H2,21,22,23). The number of likely N-dealkylation sites (tertiary alicyclic amines) is 1. The van der Waals surface area contributed by atoms with Gasteiger partial charge in [0.25, 0.3) is 0 Å². The maximum atomic E-state index is 5.41. The van der Waals surface area contributed by atoms with Crippen LogP contribution < -0.4 is 10.6 Å². The summed E-state index contributed by atoms with van der Waals surface area (Å²) in [5.74, 6) is 1.64. The second-order valence-corrected chi connectivity index (χ2v) is 8.74. The molecule has 0 atom stereocenters. The Hall–Kier alpha value is -1.22. The SMILES string of the molecule is CCNC(=NCC1CCN(Cc2csc(C)n2)CC1)NCCN1CCOCC1. The Morgan fingerprint density at radius 3 is 2.68 bits per heavy atom. The number of guanidine groups is 1. The van der Waals surface area contributed by atoms with Gasteiger partial charge in [-0.3, -0.25) is 14.8 Å². The van der Waals surface area contributed by atoms with E-state index in [1.165, 1.54) is 18.5 Å². The molecule has 2 aliphatic rings. The number of ether oxygens (including phenoxy) is 1. The van der Waals surface area contributed by atoms with Gasteiger partial charge in [0, 0.05) is 51.2 Å². The molecule has 3 heterocycles. The molecule has 0 bridgehead atoms. The van der Waals surface area contributed by atoms with E-state index in [-0.39, 0.29) is 0 Å². The molecule has 2 fully saturated rings. The molecule has 2 N–H and O–H groups in total. The van der Waals surface area contributed by atoms with Crippen LogP contribution in [0.5, 0.6) is 0 Å². The van der Waals surface area contributed by atoms with Gasteiger partial charge in [-0.25, -0.2) is 4.98 Å². The van der Waals surface area contributed by atoms with Crippen LogP contribution in [0.25, 0.3) is 0 Å². The van der Waals surface area contributed by atoms with Gasteiger partial charge in [0.1, 0.15) is 0 Å². The van der Waals surface area contributed by atoms with E-state index < -0.39 is 0 Å². The Kier molecular flexibility index (Phi) is 8.98. The number of piperidine rings is 1. The summed E-state index contributed by atoms with van der Waals surface area (Å²) in [6, 6.07) is 0. The molecule has 0 saturated carbocycles. The van der Waals surface area contributed by atoms with E-state index in [0.717, 1.165) is 83.1 Å². The van der Waals surface area contributed by atoms with Crippen LogP contribution in [0, 0.1) is 12.8 Å². The minimum atomic E-state index is 0.683. The van der Waals surface area contributed by atoms with Gasteiger partial charge in [-0.05, 0) is 45.7 Å². The van der Waals surface area contributed by atoms with Crippen LogP contribution in [-0.4, -0.2) is 86.3 Å². The average molecular weight is 409 g/mol. The zero-order chi connectivity index (χ0) is 19.6. The number of nitrogens with one attached hydrogen (secondary N) is 2. The largest absolute Gasteiger partial charge is 0.379 e. The number of morpholine rings is 1. The Labute approximate surface area is 173 Å². The Balaban J connectivity index is 1.35. The summed E-state index contributed by atoms with van der Waals surface area (Å²) in [4.78, 5) is 14.4. The maximum Gasteiger partial charge on any atom is 0.191 e. The third kappa shape index (κ3) is 7.31. The van der Waals surface area contributed by atoms with Crippen molar-refractivity contribution in [2.75, 3.05) is 65.6 Å². The fraction of sp³-hybridized carbons (Fsp3) is 0.800. The van der Waals surface area contributed by atoms with Gasteiger partial charge in [-0.1, -0.05) is 0 Å². The normalized spacial score (nSPS) is 20.4. The monoisotopic (exact) mass is 408 g/mol. The van der Waals surface area contributed by atoms with Gasteiger partial charge in [-0.2, -0.15) is 0 Å². The van der Waals surface area contributed by atoms with Gasteiger partial charge in [0.15, 0.2) is 5.96 Å². The zero-order valence-corrected chi connectivity index (χ0v) is 18.3. The maximum absolute atomic E-state index is 5.41. The quantitative estimate of drug-likeness (QED) is 0.503. The van der Waals surface area contributed by atoms with E-state index in [1.54, 1.807) is 11.3 Å². The molecule has 0 spiro atoms. The van der Waals surface area contributed by atoms with Crippen LogP contribution in [0.2, 0.25) is 0 Å². The van der Waals surface area contributed by atoms with Gasteiger partial charge in [0.2, 0.25) is 0 Å². The number of thiazole rings is 1. The molecule has 158 valence electrons. The van der Waals surface area contributed by atoms with E-state index in [2.05, 4.69) is 44.6 Å². The predicted octanol–water partition coefficient (Wildman–Crippen LogP) is 1.55. The first-order chi connectivity index (χ1) is 13.7. The first-order valence-electron chi connectivity index (χ1n) is 10.7. The number of aromatic nitrogens is 1. The lowest BCUT2D eigenvalue weighted by molar-refractivity contribution is 0.0389. The van der Waals surface area contributed by atoms with E-state index in [1.807, 2.05) is 0 Å². The van der Waals surface area contributed by atoms with Crippen LogP contribution in [0.4, 0.5) is 0 Å². The summed E-state index contributed by atoms with van der Waals surface area (Å²) < 4.78 is 5.41. The molecule has 0 aromatic carbocycles.